The summed E-state index contributed by atoms with van der Waals surface area (Å²) in [6, 6.07) is 2.77. The lowest BCUT2D eigenvalue weighted by Gasteiger charge is -2.00. The van der Waals surface area contributed by atoms with Gasteiger partial charge in [-0.25, -0.2) is 4.39 Å². The summed E-state index contributed by atoms with van der Waals surface area (Å²) in [5, 5.41) is 8.98. The SMILES string of the molecule is Cc1c(Br)ccc(F)c1O. The lowest BCUT2D eigenvalue weighted by atomic mass is 10.2. The highest BCUT2D eigenvalue weighted by Gasteiger charge is 2.05. The first kappa shape index (κ1) is 7.54. The number of phenolic OH excluding ortho intramolecular Hbond substituents is 1. The summed E-state index contributed by atoms with van der Waals surface area (Å²) in [5.41, 5.74) is 0.528. The van der Waals surface area contributed by atoms with Crippen molar-refractivity contribution < 1.29 is 9.50 Å². The second-order valence-electron chi connectivity index (χ2n) is 2.00. The van der Waals surface area contributed by atoms with Crippen LogP contribution in [0.25, 0.3) is 0 Å². The van der Waals surface area contributed by atoms with Crippen LogP contribution >= 0.6 is 15.9 Å². The zero-order valence-electron chi connectivity index (χ0n) is 5.36. The summed E-state index contributed by atoms with van der Waals surface area (Å²) in [7, 11) is 0. The Bertz CT molecular complexity index is 233. The molecule has 54 valence electrons. The molecular formula is C7H6BrFO. The van der Waals surface area contributed by atoms with Gasteiger partial charge in [-0.3, -0.25) is 0 Å². The minimum atomic E-state index is -0.583. The van der Waals surface area contributed by atoms with Crippen LogP contribution < -0.4 is 0 Å². The molecule has 0 radical (unpaired) electrons. The summed E-state index contributed by atoms with van der Waals surface area (Å²) in [5.74, 6) is -0.866. The van der Waals surface area contributed by atoms with Crippen molar-refractivity contribution in [3.8, 4) is 5.75 Å². The maximum Gasteiger partial charge on any atom is 0.165 e. The lowest BCUT2D eigenvalue weighted by molar-refractivity contribution is 0.428. The average Bonchev–Trinajstić information content (AvgIpc) is 1.93. The van der Waals surface area contributed by atoms with Crippen molar-refractivity contribution >= 4 is 15.9 Å². The summed E-state index contributed by atoms with van der Waals surface area (Å²) >= 11 is 3.15. The van der Waals surface area contributed by atoms with E-state index < -0.39 is 5.82 Å². The van der Waals surface area contributed by atoms with Crippen LogP contribution in [0.15, 0.2) is 16.6 Å². The van der Waals surface area contributed by atoms with Crippen molar-refractivity contribution in [2.75, 3.05) is 0 Å². The fraction of sp³-hybridized carbons (Fsp3) is 0.143. The molecule has 0 spiro atoms. The van der Waals surface area contributed by atoms with Crippen molar-refractivity contribution in [3.63, 3.8) is 0 Å². The minimum Gasteiger partial charge on any atom is -0.505 e. The Balaban J connectivity index is 3.34. The van der Waals surface area contributed by atoms with E-state index in [0.717, 1.165) is 0 Å². The van der Waals surface area contributed by atoms with Gasteiger partial charge in [0, 0.05) is 10.0 Å². The first-order chi connectivity index (χ1) is 4.63. The highest BCUT2D eigenvalue weighted by Crippen LogP contribution is 2.26. The van der Waals surface area contributed by atoms with E-state index in [9.17, 15) is 4.39 Å². The second kappa shape index (κ2) is 2.58. The van der Waals surface area contributed by atoms with Gasteiger partial charge in [-0.05, 0) is 19.1 Å². The fourth-order valence-corrected chi connectivity index (χ4v) is 0.962. The van der Waals surface area contributed by atoms with Crippen molar-refractivity contribution in [3.05, 3.63) is 28.0 Å². The van der Waals surface area contributed by atoms with Crippen LogP contribution in [0.1, 0.15) is 5.56 Å². The smallest absolute Gasteiger partial charge is 0.165 e. The third-order valence-electron chi connectivity index (χ3n) is 1.32. The summed E-state index contributed by atoms with van der Waals surface area (Å²) in [6.07, 6.45) is 0. The quantitative estimate of drug-likeness (QED) is 0.690. The Hall–Kier alpha value is -0.570. The van der Waals surface area contributed by atoms with E-state index in [1.54, 1.807) is 13.0 Å². The van der Waals surface area contributed by atoms with Crippen LogP contribution in [0.2, 0.25) is 0 Å². The van der Waals surface area contributed by atoms with E-state index in [2.05, 4.69) is 15.9 Å². The van der Waals surface area contributed by atoms with Crippen molar-refractivity contribution in [2.24, 2.45) is 0 Å². The molecule has 3 heteroatoms. The molecule has 0 aliphatic rings. The van der Waals surface area contributed by atoms with Gasteiger partial charge in [-0.2, -0.15) is 0 Å². The topological polar surface area (TPSA) is 20.2 Å². The molecule has 1 N–H and O–H groups in total. The average molecular weight is 205 g/mol. The van der Waals surface area contributed by atoms with Crippen molar-refractivity contribution in [1.82, 2.24) is 0 Å². The van der Waals surface area contributed by atoms with Crippen molar-refractivity contribution in [1.29, 1.82) is 0 Å². The molecule has 0 atom stereocenters. The molecule has 0 fully saturated rings. The molecular weight excluding hydrogens is 199 g/mol. The summed E-state index contributed by atoms with van der Waals surface area (Å²) in [6.45, 7) is 1.64. The first-order valence-electron chi connectivity index (χ1n) is 2.76. The van der Waals surface area contributed by atoms with Crippen molar-refractivity contribution in [2.45, 2.75) is 6.92 Å². The molecule has 0 saturated carbocycles. The van der Waals surface area contributed by atoms with Gasteiger partial charge in [0.2, 0.25) is 0 Å². The van der Waals surface area contributed by atoms with Crippen LogP contribution in [-0.2, 0) is 0 Å². The number of hydrogen-bond acceptors (Lipinski definition) is 1. The zero-order chi connectivity index (χ0) is 7.72. The highest BCUT2D eigenvalue weighted by atomic mass is 79.9. The lowest BCUT2D eigenvalue weighted by Crippen LogP contribution is -1.81. The Kier molecular flexibility index (Phi) is 1.94. The molecule has 0 aromatic heterocycles. The number of hydrogen-bond donors (Lipinski definition) is 1. The normalized spacial score (nSPS) is 9.90. The third-order valence-corrected chi connectivity index (χ3v) is 2.17. The van der Waals surface area contributed by atoms with Crippen LogP contribution in [0.4, 0.5) is 4.39 Å². The van der Waals surface area contributed by atoms with Crippen LogP contribution in [0.3, 0.4) is 0 Å². The van der Waals surface area contributed by atoms with E-state index in [0.29, 0.717) is 10.0 Å². The largest absolute Gasteiger partial charge is 0.505 e. The van der Waals surface area contributed by atoms with E-state index in [4.69, 9.17) is 5.11 Å². The van der Waals surface area contributed by atoms with Gasteiger partial charge >= 0.3 is 0 Å². The summed E-state index contributed by atoms with van der Waals surface area (Å²) in [4.78, 5) is 0. The first-order valence-corrected chi connectivity index (χ1v) is 3.56. The molecule has 10 heavy (non-hydrogen) atoms. The molecule has 0 unspecified atom stereocenters. The molecule has 0 amide bonds. The van der Waals surface area contributed by atoms with Crippen LogP contribution in [-0.4, -0.2) is 5.11 Å². The molecule has 0 aliphatic carbocycles. The van der Waals surface area contributed by atoms with E-state index in [1.165, 1.54) is 6.07 Å². The van der Waals surface area contributed by atoms with Gasteiger partial charge < -0.3 is 5.11 Å². The maximum atomic E-state index is 12.5. The van der Waals surface area contributed by atoms with E-state index >= 15 is 0 Å². The van der Waals surface area contributed by atoms with Crippen LogP contribution in [0, 0.1) is 12.7 Å². The van der Waals surface area contributed by atoms with Crippen LogP contribution in [0.5, 0.6) is 5.75 Å². The molecule has 1 nitrogen and oxygen atoms in total. The Morgan fingerprint density at radius 3 is 2.60 bits per heavy atom. The zero-order valence-corrected chi connectivity index (χ0v) is 6.94. The molecule has 0 aliphatic heterocycles. The molecule has 1 aromatic carbocycles. The predicted octanol–water partition coefficient (Wildman–Crippen LogP) is 2.60. The minimum absolute atomic E-state index is 0.283. The highest BCUT2D eigenvalue weighted by molar-refractivity contribution is 9.10. The Morgan fingerprint density at radius 1 is 1.50 bits per heavy atom. The molecule has 1 rings (SSSR count). The van der Waals surface area contributed by atoms with Gasteiger partial charge in [0.05, 0.1) is 0 Å². The Morgan fingerprint density at radius 2 is 2.10 bits per heavy atom. The number of rotatable bonds is 0. The molecule has 0 heterocycles. The molecule has 0 bridgehead atoms. The van der Waals surface area contributed by atoms with Gasteiger partial charge in [0.25, 0.3) is 0 Å². The van der Waals surface area contributed by atoms with Gasteiger partial charge in [-0.1, -0.05) is 15.9 Å². The van der Waals surface area contributed by atoms with E-state index in [1.807, 2.05) is 0 Å². The number of halogens is 2. The maximum absolute atomic E-state index is 12.5. The Labute approximate surface area is 66.6 Å². The number of phenols is 1. The van der Waals surface area contributed by atoms with Gasteiger partial charge in [0.1, 0.15) is 0 Å². The van der Waals surface area contributed by atoms with Gasteiger partial charge in [0.15, 0.2) is 11.6 Å². The van der Waals surface area contributed by atoms with E-state index in [-0.39, 0.29) is 5.75 Å². The number of benzene rings is 1. The fourth-order valence-electron chi connectivity index (χ4n) is 0.642. The predicted molar refractivity (Wildman–Crippen MR) is 40.5 cm³/mol. The standard InChI is InChI=1S/C7H6BrFO/c1-4-5(8)2-3-6(9)7(4)10/h2-3,10H,1H3. The second-order valence-corrected chi connectivity index (χ2v) is 2.86. The summed E-state index contributed by atoms with van der Waals surface area (Å²) < 4.78 is 13.2. The van der Waals surface area contributed by atoms with Gasteiger partial charge in [-0.15, -0.1) is 0 Å². The monoisotopic (exact) mass is 204 g/mol. The number of aromatic hydroxyl groups is 1. The third kappa shape index (κ3) is 1.14. The molecule has 0 saturated heterocycles. The molecule has 1 aromatic rings.